The van der Waals surface area contributed by atoms with Crippen molar-refractivity contribution < 1.29 is 22.7 Å². The predicted octanol–water partition coefficient (Wildman–Crippen LogP) is 1.65. The summed E-state index contributed by atoms with van der Waals surface area (Å²) in [5.74, 6) is -0.0980. The number of nitrogens with zero attached hydrogens (tertiary/aromatic N) is 1. The molecule has 0 unspecified atom stereocenters. The van der Waals surface area contributed by atoms with Crippen LogP contribution in [-0.4, -0.2) is 47.9 Å². The number of amides is 1. The molecule has 1 N–H and O–H groups in total. The van der Waals surface area contributed by atoms with Crippen LogP contribution in [0.4, 0.5) is 5.69 Å². The van der Waals surface area contributed by atoms with Crippen molar-refractivity contribution in [3.63, 3.8) is 0 Å². The van der Waals surface area contributed by atoms with Gasteiger partial charge in [0, 0.05) is 31.7 Å². The molecule has 24 heavy (non-hydrogen) atoms. The van der Waals surface area contributed by atoms with Crippen molar-refractivity contribution in [2.45, 2.75) is 31.0 Å². The Morgan fingerprint density at radius 1 is 1.38 bits per heavy atom. The Balaban J connectivity index is 2.41. The van der Waals surface area contributed by atoms with Crippen LogP contribution in [0.2, 0.25) is 0 Å². The molecule has 1 aromatic carbocycles. The van der Waals surface area contributed by atoms with Crippen molar-refractivity contribution in [1.29, 1.82) is 0 Å². The van der Waals surface area contributed by atoms with Crippen LogP contribution in [0.5, 0.6) is 0 Å². The molecule has 0 fully saturated rings. The third-order valence-electron chi connectivity index (χ3n) is 3.85. The average molecular weight is 421 g/mol. The summed E-state index contributed by atoms with van der Waals surface area (Å²) in [4.78, 5) is 13.8. The molecule has 134 valence electrons. The smallest absolute Gasteiger partial charge is 0.242 e. The molecule has 0 bridgehead atoms. The lowest BCUT2D eigenvalue weighted by atomic mass is 10.2. The Labute approximate surface area is 150 Å². The largest absolute Gasteiger partial charge is 0.355 e. The van der Waals surface area contributed by atoms with Gasteiger partial charge < -0.3 is 14.4 Å². The van der Waals surface area contributed by atoms with Gasteiger partial charge in [-0.15, -0.1) is 0 Å². The zero-order valence-corrected chi connectivity index (χ0v) is 16.2. The minimum atomic E-state index is -3.83. The normalized spacial score (nSPS) is 14.3. The second-order valence-electron chi connectivity index (χ2n) is 5.31. The minimum Gasteiger partial charge on any atom is -0.355 e. The van der Waals surface area contributed by atoms with Gasteiger partial charge in [-0.25, -0.2) is 13.1 Å². The highest BCUT2D eigenvalue weighted by atomic mass is 79.9. The maximum absolute atomic E-state index is 12.8. The van der Waals surface area contributed by atoms with Gasteiger partial charge in [0.2, 0.25) is 15.9 Å². The lowest BCUT2D eigenvalue weighted by Crippen LogP contribution is -2.35. The molecule has 0 aromatic heterocycles. The van der Waals surface area contributed by atoms with E-state index in [1.807, 2.05) is 6.07 Å². The quantitative estimate of drug-likeness (QED) is 0.677. The van der Waals surface area contributed by atoms with Gasteiger partial charge in [0.1, 0.15) is 4.90 Å². The standard InChI is InChI=1S/C15H21BrN2O5S/c1-4-13(19)18-6-5-10-7-11(16)8-12(15(10)18)24(20,21)17-9-14(22-2)23-3/h7-8,14,17H,4-6,9H2,1-3H3. The number of fused-ring (bicyclic) bond motifs is 1. The van der Waals surface area contributed by atoms with Gasteiger partial charge >= 0.3 is 0 Å². The third-order valence-corrected chi connectivity index (χ3v) is 5.75. The van der Waals surface area contributed by atoms with E-state index >= 15 is 0 Å². The van der Waals surface area contributed by atoms with Crippen LogP contribution in [0.15, 0.2) is 21.5 Å². The number of hydrogen-bond donors (Lipinski definition) is 1. The highest BCUT2D eigenvalue weighted by Gasteiger charge is 2.32. The number of methoxy groups -OCH3 is 2. The van der Waals surface area contributed by atoms with E-state index in [2.05, 4.69) is 20.7 Å². The molecule has 7 nitrogen and oxygen atoms in total. The van der Waals surface area contributed by atoms with E-state index in [9.17, 15) is 13.2 Å². The second-order valence-corrected chi connectivity index (χ2v) is 7.96. The predicted molar refractivity (Wildman–Crippen MR) is 93.5 cm³/mol. The van der Waals surface area contributed by atoms with E-state index in [4.69, 9.17) is 9.47 Å². The van der Waals surface area contributed by atoms with E-state index in [1.165, 1.54) is 20.3 Å². The number of sulfonamides is 1. The van der Waals surface area contributed by atoms with Crippen LogP contribution in [0.3, 0.4) is 0 Å². The molecule has 0 saturated heterocycles. The molecule has 9 heteroatoms. The van der Waals surface area contributed by atoms with Gasteiger partial charge in [-0.1, -0.05) is 22.9 Å². The Bertz CT molecular complexity index is 719. The first-order valence-corrected chi connectivity index (χ1v) is 9.79. The van der Waals surface area contributed by atoms with Crippen molar-refractivity contribution in [2.75, 3.05) is 32.2 Å². The Hall–Kier alpha value is -1.00. The zero-order valence-electron chi connectivity index (χ0n) is 13.8. The summed E-state index contributed by atoms with van der Waals surface area (Å²) in [5.41, 5.74) is 1.30. The minimum absolute atomic E-state index is 0.0294. The summed E-state index contributed by atoms with van der Waals surface area (Å²) in [6.07, 6.45) is 0.257. The van der Waals surface area contributed by atoms with E-state index in [0.717, 1.165) is 5.56 Å². The summed E-state index contributed by atoms with van der Waals surface area (Å²) in [6.45, 7) is 2.21. The lowest BCUT2D eigenvalue weighted by molar-refractivity contribution is -0.118. The van der Waals surface area contributed by atoms with Crippen molar-refractivity contribution in [3.05, 3.63) is 22.2 Å². The summed E-state index contributed by atoms with van der Waals surface area (Å²) in [7, 11) is -0.969. The van der Waals surface area contributed by atoms with Crippen molar-refractivity contribution in [3.8, 4) is 0 Å². The first-order valence-electron chi connectivity index (χ1n) is 7.52. The number of carbonyl (C=O) groups is 1. The Morgan fingerprint density at radius 2 is 2.04 bits per heavy atom. The SMILES string of the molecule is CCC(=O)N1CCc2cc(Br)cc(S(=O)(=O)NCC(OC)OC)c21. The molecule has 0 spiro atoms. The highest BCUT2D eigenvalue weighted by molar-refractivity contribution is 9.10. The van der Waals surface area contributed by atoms with Crippen LogP contribution in [0, 0.1) is 0 Å². The van der Waals surface area contributed by atoms with Crippen LogP contribution in [-0.2, 0) is 30.7 Å². The molecule has 1 aliphatic rings. The first kappa shape index (κ1) is 19.3. The van der Waals surface area contributed by atoms with Crippen molar-refractivity contribution in [1.82, 2.24) is 4.72 Å². The number of anilines is 1. The maximum Gasteiger partial charge on any atom is 0.242 e. The molecule has 1 aromatic rings. The molecular formula is C15H21BrN2O5S. The zero-order chi connectivity index (χ0) is 17.9. The van der Waals surface area contributed by atoms with Gasteiger partial charge in [0.15, 0.2) is 6.29 Å². The number of benzene rings is 1. The second kappa shape index (κ2) is 7.92. The maximum atomic E-state index is 12.8. The highest BCUT2D eigenvalue weighted by Crippen LogP contribution is 2.37. The van der Waals surface area contributed by atoms with Gasteiger partial charge in [0.05, 0.1) is 12.2 Å². The summed E-state index contributed by atoms with van der Waals surface area (Å²) < 4.78 is 38.6. The molecular weight excluding hydrogens is 400 g/mol. The van der Waals surface area contributed by atoms with Crippen LogP contribution in [0.1, 0.15) is 18.9 Å². The van der Waals surface area contributed by atoms with Gasteiger partial charge in [-0.05, 0) is 24.1 Å². The average Bonchev–Trinajstić information content (AvgIpc) is 2.97. The Kier molecular flexibility index (Phi) is 6.38. The van der Waals surface area contributed by atoms with Crippen LogP contribution in [0.25, 0.3) is 0 Å². The molecule has 1 heterocycles. The van der Waals surface area contributed by atoms with Gasteiger partial charge in [-0.3, -0.25) is 4.79 Å². The lowest BCUT2D eigenvalue weighted by Gasteiger charge is -2.21. The van der Waals surface area contributed by atoms with Gasteiger partial charge in [-0.2, -0.15) is 0 Å². The molecule has 0 atom stereocenters. The van der Waals surface area contributed by atoms with Crippen LogP contribution >= 0.6 is 15.9 Å². The molecule has 0 radical (unpaired) electrons. The molecule has 2 rings (SSSR count). The topological polar surface area (TPSA) is 84.9 Å². The molecule has 0 aliphatic carbocycles. The fourth-order valence-electron chi connectivity index (χ4n) is 2.63. The number of ether oxygens (including phenoxy) is 2. The van der Waals surface area contributed by atoms with Crippen molar-refractivity contribution >= 4 is 37.5 Å². The molecule has 0 saturated carbocycles. The van der Waals surface area contributed by atoms with E-state index in [0.29, 0.717) is 29.5 Å². The number of nitrogens with one attached hydrogen (secondary N) is 1. The third kappa shape index (κ3) is 3.97. The number of halogens is 1. The summed E-state index contributed by atoms with van der Waals surface area (Å²) in [5, 5.41) is 0. The fraction of sp³-hybridized carbons (Fsp3) is 0.533. The summed E-state index contributed by atoms with van der Waals surface area (Å²) >= 11 is 3.34. The van der Waals surface area contributed by atoms with Crippen LogP contribution < -0.4 is 9.62 Å². The fourth-order valence-corrected chi connectivity index (χ4v) is 4.58. The van der Waals surface area contributed by atoms with E-state index in [-0.39, 0.29) is 17.3 Å². The van der Waals surface area contributed by atoms with E-state index < -0.39 is 16.3 Å². The Morgan fingerprint density at radius 3 is 2.62 bits per heavy atom. The monoisotopic (exact) mass is 420 g/mol. The van der Waals surface area contributed by atoms with E-state index in [1.54, 1.807) is 11.8 Å². The number of carbonyl (C=O) groups excluding carboxylic acids is 1. The summed E-state index contributed by atoms with van der Waals surface area (Å²) in [6, 6.07) is 3.36. The van der Waals surface area contributed by atoms with Crippen molar-refractivity contribution in [2.24, 2.45) is 0 Å². The first-order chi connectivity index (χ1) is 11.3. The number of hydrogen-bond acceptors (Lipinski definition) is 5. The molecule has 1 amide bonds. The number of rotatable bonds is 7. The molecule has 1 aliphatic heterocycles. The van der Waals surface area contributed by atoms with Gasteiger partial charge in [0.25, 0.3) is 0 Å².